The van der Waals surface area contributed by atoms with Crippen molar-refractivity contribution in [1.29, 1.82) is 0 Å². The van der Waals surface area contributed by atoms with Crippen LogP contribution < -0.4 is 0 Å². The van der Waals surface area contributed by atoms with Crippen molar-refractivity contribution in [2.45, 2.75) is 12.7 Å². The molecule has 0 bridgehead atoms. The van der Waals surface area contributed by atoms with E-state index in [1.165, 1.54) is 0 Å². The van der Waals surface area contributed by atoms with E-state index in [0.29, 0.717) is 0 Å². The van der Waals surface area contributed by atoms with Crippen molar-refractivity contribution in [1.82, 2.24) is 0 Å². The summed E-state index contributed by atoms with van der Waals surface area (Å²) < 4.78 is 15.4. The van der Waals surface area contributed by atoms with Crippen LogP contribution in [0.1, 0.15) is 6.42 Å². The molecule has 1 unspecified atom stereocenters. The number of rotatable bonds is 4. The van der Waals surface area contributed by atoms with E-state index >= 15 is 0 Å². The van der Waals surface area contributed by atoms with Gasteiger partial charge in [0.2, 0.25) is 0 Å². The average molecular weight is 184 g/mol. The van der Waals surface area contributed by atoms with Gasteiger partial charge < -0.3 is 14.2 Å². The lowest BCUT2D eigenvalue weighted by Gasteiger charge is -2.23. The maximum atomic E-state index is 5.16. The van der Waals surface area contributed by atoms with Crippen LogP contribution in [-0.2, 0) is 14.2 Å². The minimum Gasteiger partial charge on any atom is -0.497 e. The minimum absolute atomic E-state index is 0.161. The third-order valence-electron chi connectivity index (χ3n) is 2.15. The number of allylic oxidation sites excluding steroid dienone is 2. The van der Waals surface area contributed by atoms with E-state index in [0.717, 1.165) is 12.2 Å². The molecule has 0 saturated carbocycles. The molecule has 3 heteroatoms. The maximum Gasteiger partial charge on any atom is 0.163 e. The predicted molar refractivity (Wildman–Crippen MR) is 50.1 cm³/mol. The van der Waals surface area contributed by atoms with E-state index in [2.05, 4.69) is 6.08 Å². The van der Waals surface area contributed by atoms with E-state index in [4.69, 9.17) is 14.2 Å². The van der Waals surface area contributed by atoms with E-state index in [1.54, 1.807) is 21.3 Å². The van der Waals surface area contributed by atoms with Gasteiger partial charge in [-0.3, -0.25) is 0 Å². The van der Waals surface area contributed by atoms with Gasteiger partial charge in [-0.1, -0.05) is 6.08 Å². The first kappa shape index (κ1) is 10.3. The highest BCUT2D eigenvalue weighted by Crippen LogP contribution is 2.21. The molecular weight excluding hydrogens is 168 g/mol. The van der Waals surface area contributed by atoms with Crippen molar-refractivity contribution >= 4 is 0 Å². The molecule has 0 N–H and O–H groups in total. The Kier molecular flexibility index (Phi) is 3.99. The molecule has 3 nitrogen and oxygen atoms in total. The zero-order valence-corrected chi connectivity index (χ0v) is 8.32. The Bertz CT molecular complexity index is 204. The molecule has 1 atom stereocenters. The lowest BCUT2D eigenvalue weighted by molar-refractivity contribution is -0.126. The van der Waals surface area contributed by atoms with Gasteiger partial charge in [0.25, 0.3) is 0 Å². The van der Waals surface area contributed by atoms with Crippen LogP contribution in [0.3, 0.4) is 0 Å². The number of hydrogen-bond donors (Lipinski definition) is 0. The molecule has 13 heavy (non-hydrogen) atoms. The number of methoxy groups -OCH3 is 3. The smallest absolute Gasteiger partial charge is 0.163 e. The molecule has 0 heterocycles. The summed E-state index contributed by atoms with van der Waals surface area (Å²) in [6.45, 7) is 0. The lowest BCUT2D eigenvalue weighted by Crippen LogP contribution is -2.24. The Morgan fingerprint density at radius 1 is 1.31 bits per heavy atom. The highest BCUT2D eigenvalue weighted by atomic mass is 16.7. The summed E-state index contributed by atoms with van der Waals surface area (Å²) in [6, 6.07) is 0. The SMILES string of the molecule is COC1=CCC(C(OC)OC)C=C1. The van der Waals surface area contributed by atoms with Gasteiger partial charge in [-0.05, 0) is 18.6 Å². The Hall–Kier alpha value is -0.800. The zero-order chi connectivity index (χ0) is 9.68. The van der Waals surface area contributed by atoms with Crippen LogP contribution in [0.25, 0.3) is 0 Å². The van der Waals surface area contributed by atoms with Crippen LogP contribution in [0.15, 0.2) is 24.0 Å². The average Bonchev–Trinajstić information content (AvgIpc) is 2.21. The molecule has 0 aromatic rings. The first-order valence-electron chi connectivity index (χ1n) is 4.29. The zero-order valence-electron chi connectivity index (χ0n) is 8.32. The largest absolute Gasteiger partial charge is 0.497 e. The van der Waals surface area contributed by atoms with Gasteiger partial charge in [0.05, 0.1) is 7.11 Å². The maximum absolute atomic E-state index is 5.16. The Labute approximate surface area is 79.0 Å². The fourth-order valence-corrected chi connectivity index (χ4v) is 1.42. The first-order valence-corrected chi connectivity index (χ1v) is 4.29. The predicted octanol–water partition coefficient (Wildman–Crippen LogP) is 1.71. The Balaban J connectivity index is 2.50. The summed E-state index contributed by atoms with van der Waals surface area (Å²) in [7, 11) is 4.97. The molecule has 74 valence electrons. The molecule has 1 aliphatic rings. The second-order valence-electron chi connectivity index (χ2n) is 2.91. The molecule has 0 amide bonds. The van der Waals surface area contributed by atoms with Crippen molar-refractivity contribution in [2.75, 3.05) is 21.3 Å². The summed E-state index contributed by atoms with van der Waals surface area (Å²) in [5.41, 5.74) is 0. The molecule has 0 saturated heterocycles. The molecule has 0 aliphatic heterocycles. The summed E-state index contributed by atoms with van der Waals surface area (Å²) >= 11 is 0. The van der Waals surface area contributed by atoms with Gasteiger partial charge in [-0.2, -0.15) is 0 Å². The Morgan fingerprint density at radius 3 is 2.38 bits per heavy atom. The summed E-state index contributed by atoms with van der Waals surface area (Å²) in [5, 5.41) is 0. The molecule has 0 fully saturated rings. The van der Waals surface area contributed by atoms with Crippen molar-refractivity contribution < 1.29 is 14.2 Å². The summed E-state index contributed by atoms with van der Waals surface area (Å²) in [4.78, 5) is 0. The van der Waals surface area contributed by atoms with Crippen molar-refractivity contribution in [3.05, 3.63) is 24.0 Å². The second-order valence-corrected chi connectivity index (χ2v) is 2.91. The first-order chi connectivity index (χ1) is 6.31. The Morgan fingerprint density at radius 2 is 2.00 bits per heavy atom. The third kappa shape index (κ3) is 2.57. The standard InChI is InChI=1S/C10H16O3/c1-11-9-6-4-8(5-7-9)10(12-2)13-3/h4,6-8,10H,5H2,1-3H3. The normalized spacial score (nSPS) is 21.8. The van der Waals surface area contributed by atoms with Crippen molar-refractivity contribution in [3.63, 3.8) is 0 Å². The fourth-order valence-electron chi connectivity index (χ4n) is 1.42. The van der Waals surface area contributed by atoms with Gasteiger partial charge in [-0.15, -0.1) is 0 Å². The number of hydrogen-bond acceptors (Lipinski definition) is 3. The van der Waals surface area contributed by atoms with Crippen LogP contribution in [0.5, 0.6) is 0 Å². The molecule has 0 aromatic carbocycles. The molecule has 0 spiro atoms. The van der Waals surface area contributed by atoms with Crippen molar-refractivity contribution in [3.8, 4) is 0 Å². The van der Waals surface area contributed by atoms with Gasteiger partial charge in [-0.25, -0.2) is 0 Å². The van der Waals surface area contributed by atoms with Crippen molar-refractivity contribution in [2.24, 2.45) is 5.92 Å². The van der Waals surface area contributed by atoms with Crippen LogP contribution in [-0.4, -0.2) is 27.6 Å². The van der Waals surface area contributed by atoms with Crippen LogP contribution in [0.2, 0.25) is 0 Å². The van der Waals surface area contributed by atoms with Crippen LogP contribution >= 0.6 is 0 Å². The lowest BCUT2D eigenvalue weighted by atomic mass is 9.99. The van der Waals surface area contributed by atoms with Gasteiger partial charge in [0.1, 0.15) is 5.76 Å². The molecular formula is C10H16O3. The monoisotopic (exact) mass is 184 g/mol. The molecule has 1 rings (SSSR count). The van der Waals surface area contributed by atoms with Crippen LogP contribution in [0, 0.1) is 5.92 Å². The van der Waals surface area contributed by atoms with Gasteiger partial charge in [0.15, 0.2) is 6.29 Å². The minimum atomic E-state index is -0.161. The highest BCUT2D eigenvalue weighted by molar-refractivity contribution is 5.18. The van der Waals surface area contributed by atoms with Gasteiger partial charge in [0, 0.05) is 20.1 Å². The van der Waals surface area contributed by atoms with E-state index < -0.39 is 0 Å². The third-order valence-corrected chi connectivity index (χ3v) is 2.15. The van der Waals surface area contributed by atoms with Gasteiger partial charge >= 0.3 is 0 Å². The molecule has 1 aliphatic carbocycles. The summed E-state index contributed by atoms with van der Waals surface area (Å²) in [5.74, 6) is 1.19. The number of ether oxygens (including phenoxy) is 3. The molecule has 0 radical (unpaired) electrons. The molecule has 0 aromatic heterocycles. The van der Waals surface area contributed by atoms with E-state index in [-0.39, 0.29) is 12.2 Å². The summed E-state index contributed by atoms with van der Waals surface area (Å²) in [6.07, 6.45) is 6.77. The fraction of sp³-hybridized carbons (Fsp3) is 0.600. The quantitative estimate of drug-likeness (QED) is 0.622. The van der Waals surface area contributed by atoms with E-state index in [9.17, 15) is 0 Å². The highest BCUT2D eigenvalue weighted by Gasteiger charge is 2.19. The van der Waals surface area contributed by atoms with Crippen LogP contribution in [0.4, 0.5) is 0 Å². The topological polar surface area (TPSA) is 27.7 Å². The van der Waals surface area contributed by atoms with E-state index in [1.807, 2.05) is 12.2 Å². The second kappa shape index (κ2) is 5.04.